The molecule has 2 heteroatoms. The Balaban J connectivity index is 0.00000242. The van der Waals surface area contributed by atoms with Gasteiger partial charge in [-0.2, -0.15) is 0 Å². The fourth-order valence-corrected chi connectivity index (χ4v) is 8.21. The minimum Gasteiger partial charge on any atom is -1.00 e. The van der Waals surface area contributed by atoms with E-state index in [4.69, 9.17) is 0 Å². The first-order chi connectivity index (χ1) is 10.3. The highest BCUT2D eigenvalue weighted by atomic mass is 79.9. The van der Waals surface area contributed by atoms with Crippen molar-refractivity contribution in [3.8, 4) is 0 Å². The Morgan fingerprint density at radius 2 is 1.00 bits per heavy atom. The van der Waals surface area contributed by atoms with Crippen LogP contribution < -0.4 is 17.0 Å². The summed E-state index contributed by atoms with van der Waals surface area (Å²) in [7, 11) is -0.940. The minimum absolute atomic E-state index is 0. The maximum atomic E-state index is 2.35. The third-order valence-corrected chi connectivity index (χ3v) is 8.98. The van der Waals surface area contributed by atoms with Crippen LogP contribution in [-0.2, 0) is 12.3 Å². The lowest BCUT2D eigenvalue weighted by molar-refractivity contribution is -0.00000460. The van der Waals surface area contributed by atoms with Crippen molar-refractivity contribution < 1.29 is 17.0 Å². The van der Waals surface area contributed by atoms with Gasteiger partial charge < -0.3 is 17.0 Å². The summed E-state index contributed by atoms with van der Waals surface area (Å²) in [5, 5.41) is 0. The molecule has 2 aromatic carbocycles. The van der Waals surface area contributed by atoms with E-state index in [1.54, 1.807) is 0 Å². The third-order valence-electron chi connectivity index (χ3n) is 4.12. The molecule has 0 saturated heterocycles. The lowest BCUT2D eigenvalue weighted by atomic mass is 10.2. The van der Waals surface area contributed by atoms with Gasteiger partial charge in [-0.25, -0.2) is 0 Å². The lowest BCUT2D eigenvalue weighted by Gasteiger charge is -2.27. The van der Waals surface area contributed by atoms with Crippen molar-refractivity contribution in [2.45, 2.75) is 39.0 Å². The molecule has 0 spiro atoms. The molecule has 0 nitrogen and oxygen atoms in total. The second kappa shape index (κ2) is 10.2. The highest BCUT2D eigenvalue weighted by Gasteiger charge is 2.35. The van der Waals surface area contributed by atoms with E-state index < -0.39 is 7.26 Å². The van der Waals surface area contributed by atoms with Crippen molar-refractivity contribution in [2.75, 3.05) is 12.3 Å². The fourth-order valence-electron chi connectivity index (χ4n) is 3.37. The van der Waals surface area contributed by atoms with Crippen molar-refractivity contribution in [1.29, 1.82) is 0 Å². The Morgan fingerprint density at radius 3 is 1.32 bits per heavy atom. The van der Waals surface area contributed by atoms with Gasteiger partial charge in [0.15, 0.2) is 0 Å². The average Bonchev–Trinajstić information content (AvgIpc) is 2.50. The second-order valence-corrected chi connectivity index (χ2v) is 10.3. The topological polar surface area (TPSA) is 0 Å². The van der Waals surface area contributed by atoms with Crippen molar-refractivity contribution in [2.24, 2.45) is 0 Å². The van der Waals surface area contributed by atoms with Crippen LogP contribution in [0.4, 0.5) is 0 Å². The average molecular weight is 379 g/mol. The summed E-state index contributed by atoms with van der Waals surface area (Å²) in [6.07, 6.45) is 8.09. The summed E-state index contributed by atoms with van der Waals surface area (Å²) in [6, 6.07) is 22.2. The molecule has 0 fully saturated rings. The van der Waals surface area contributed by atoms with Gasteiger partial charge in [-0.05, 0) is 24.0 Å². The molecule has 120 valence electrons. The van der Waals surface area contributed by atoms with Crippen LogP contribution in [-0.4, -0.2) is 12.3 Å². The van der Waals surface area contributed by atoms with Crippen LogP contribution in [0.3, 0.4) is 0 Å². The van der Waals surface area contributed by atoms with E-state index in [0.717, 1.165) is 0 Å². The van der Waals surface area contributed by atoms with Gasteiger partial charge in [0.1, 0.15) is 0 Å². The molecular formula is C20H28BrP. The molecule has 2 rings (SSSR count). The van der Waals surface area contributed by atoms with E-state index in [2.05, 4.69) is 74.5 Å². The molecule has 2 aromatic rings. The maximum Gasteiger partial charge on any atom is 0.0846 e. The molecule has 0 aromatic heterocycles. The van der Waals surface area contributed by atoms with Crippen LogP contribution in [0.5, 0.6) is 0 Å². The normalized spacial score (nSPS) is 11.0. The van der Waals surface area contributed by atoms with Crippen molar-refractivity contribution >= 4 is 7.26 Å². The number of hydrogen-bond donors (Lipinski definition) is 0. The van der Waals surface area contributed by atoms with Gasteiger partial charge in [-0.3, -0.25) is 0 Å². The first-order valence-electron chi connectivity index (χ1n) is 8.21. The van der Waals surface area contributed by atoms with Gasteiger partial charge in [0.2, 0.25) is 0 Å². The van der Waals surface area contributed by atoms with Gasteiger partial charge in [-0.15, -0.1) is 0 Å². The summed E-state index contributed by atoms with van der Waals surface area (Å²) in [5.74, 6) is 0. The van der Waals surface area contributed by atoms with Crippen molar-refractivity contribution in [3.05, 3.63) is 71.8 Å². The SMILES string of the molecule is CCC[P+](CCC)(Cc1ccccc1)Cc1ccccc1.[Br-]. The monoisotopic (exact) mass is 378 g/mol. The molecule has 0 radical (unpaired) electrons. The Labute approximate surface area is 147 Å². The van der Waals surface area contributed by atoms with E-state index in [1.165, 1.54) is 48.6 Å². The van der Waals surface area contributed by atoms with Gasteiger partial charge >= 0.3 is 0 Å². The maximum absolute atomic E-state index is 2.35. The standard InChI is InChI=1S/C20H28P.BrH/c1-3-15-21(16-4-2,17-19-11-7-5-8-12-19)18-20-13-9-6-10-14-20;/h5-14H,3-4,15-18H2,1-2H3;1H/q+1;/p-1. The molecule has 0 heterocycles. The molecule has 0 unspecified atom stereocenters. The van der Waals surface area contributed by atoms with Crippen LogP contribution in [0.15, 0.2) is 60.7 Å². The molecule has 0 N–H and O–H groups in total. The summed E-state index contributed by atoms with van der Waals surface area (Å²) < 4.78 is 0. The predicted molar refractivity (Wildman–Crippen MR) is 97.5 cm³/mol. The summed E-state index contributed by atoms with van der Waals surface area (Å²) >= 11 is 0. The minimum atomic E-state index is -0.940. The Kier molecular flexibility index (Phi) is 8.98. The highest BCUT2D eigenvalue weighted by Crippen LogP contribution is 2.64. The fraction of sp³-hybridized carbons (Fsp3) is 0.400. The van der Waals surface area contributed by atoms with Crippen LogP contribution in [0.2, 0.25) is 0 Å². The molecule has 0 aliphatic carbocycles. The molecule has 0 bridgehead atoms. The van der Waals surface area contributed by atoms with E-state index in [1.807, 2.05) is 0 Å². The van der Waals surface area contributed by atoms with E-state index >= 15 is 0 Å². The number of rotatable bonds is 8. The van der Waals surface area contributed by atoms with Crippen molar-refractivity contribution in [1.82, 2.24) is 0 Å². The number of benzene rings is 2. The first kappa shape index (κ1) is 19.4. The molecule has 0 aliphatic rings. The van der Waals surface area contributed by atoms with Gasteiger partial charge in [0, 0.05) is 7.26 Å². The van der Waals surface area contributed by atoms with Crippen LogP contribution in [0.1, 0.15) is 37.8 Å². The largest absolute Gasteiger partial charge is 1.00 e. The molecule has 0 atom stereocenters. The predicted octanol–water partition coefficient (Wildman–Crippen LogP) is 3.23. The van der Waals surface area contributed by atoms with Crippen LogP contribution in [0, 0.1) is 0 Å². The molecular weight excluding hydrogens is 351 g/mol. The smallest absolute Gasteiger partial charge is 0.0846 e. The van der Waals surface area contributed by atoms with Gasteiger partial charge in [-0.1, -0.05) is 74.5 Å². The van der Waals surface area contributed by atoms with Gasteiger partial charge in [0.05, 0.1) is 24.6 Å². The highest BCUT2D eigenvalue weighted by molar-refractivity contribution is 7.74. The quantitative estimate of drug-likeness (QED) is 0.618. The Hall–Kier alpha value is -0.650. The molecule has 0 amide bonds. The Bertz CT molecular complexity index is 460. The Morgan fingerprint density at radius 1 is 0.636 bits per heavy atom. The van der Waals surface area contributed by atoms with Gasteiger partial charge in [0.25, 0.3) is 0 Å². The number of hydrogen-bond acceptors (Lipinski definition) is 0. The number of halogens is 1. The van der Waals surface area contributed by atoms with E-state index in [9.17, 15) is 0 Å². The summed E-state index contributed by atoms with van der Waals surface area (Å²) in [6.45, 7) is 4.70. The first-order valence-corrected chi connectivity index (χ1v) is 10.7. The van der Waals surface area contributed by atoms with E-state index in [0.29, 0.717) is 0 Å². The van der Waals surface area contributed by atoms with E-state index in [-0.39, 0.29) is 17.0 Å². The van der Waals surface area contributed by atoms with Crippen LogP contribution in [0.25, 0.3) is 0 Å². The molecule has 0 saturated carbocycles. The lowest BCUT2D eigenvalue weighted by Crippen LogP contribution is -3.00. The summed E-state index contributed by atoms with van der Waals surface area (Å²) in [4.78, 5) is 0. The zero-order chi connectivity index (χ0) is 15.0. The van der Waals surface area contributed by atoms with Crippen LogP contribution >= 0.6 is 7.26 Å². The molecule has 0 aliphatic heterocycles. The van der Waals surface area contributed by atoms with Crippen molar-refractivity contribution in [3.63, 3.8) is 0 Å². The molecule has 22 heavy (non-hydrogen) atoms. The zero-order valence-electron chi connectivity index (χ0n) is 13.8. The third kappa shape index (κ3) is 5.86. The zero-order valence-corrected chi connectivity index (χ0v) is 16.3. The summed E-state index contributed by atoms with van der Waals surface area (Å²) in [5.41, 5.74) is 3.06. The second-order valence-electron chi connectivity index (χ2n) is 6.08.